The summed E-state index contributed by atoms with van der Waals surface area (Å²) >= 11 is 0. The van der Waals surface area contributed by atoms with Crippen LogP contribution in [-0.4, -0.2) is 19.2 Å². The van der Waals surface area contributed by atoms with Gasteiger partial charge in [-0.3, -0.25) is 0 Å². The van der Waals surface area contributed by atoms with E-state index in [-0.39, 0.29) is 6.54 Å². The Morgan fingerprint density at radius 3 is 2.71 bits per heavy atom. The van der Waals surface area contributed by atoms with Crippen molar-refractivity contribution in [3.63, 3.8) is 0 Å². The van der Waals surface area contributed by atoms with Gasteiger partial charge in [0.1, 0.15) is 0 Å². The van der Waals surface area contributed by atoms with Crippen LogP contribution in [0, 0.1) is 5.82 Å². The van der Waals surface area contributed by atoms with Crippen molar-refractivity contribution < 1.29 is 27.1 Å². The van der Waals surface area contributed by atoms with Crippen molar-refractivity contribution >= 4 is 11.7 Å². The number of alkyl halides is 3. The molecule has 0 aromatic heterocycles. The number of nitrogens with one attached hydrogen (secondary N) is 2. The Kier molecular flexibility index (Phi) is 6.01. The summed E-state index contributed by atoms with van der Waals surface area (Å²) in [4.78, 5) is 11.4. The number of rotatable bonds is 6. The van der Waals surface area contributed by atoms with E-state index in [1.807, 2.05) is 5.32 Å². The molecule has 0 bridgehead atoms. The zero-order valence-electron chi connectivity index (χ0n) is 11.0. The topological polar surface area (TPSA) is 50.4 Å². The van der Waals surface area contributed by atoms with Gasteiger partial charge in [-0.2, -0.15) is 13.2 Å². The fraction of sp³-hybridized carbons (Fsp3) is 0.308. The molecule has 0 aliphatic rings. The number of amides is 2. The number of carbonyl (C=O) groups excluding carboxylic acids is 1. The molecule has 2 amide bonds. The summed E-state index contributed by atoms with van der Waals surface area (Å²) in [5, 5.41) is 4.39. The molecule has 0 radical (unpaired) electrons. The Labute approximate surface area is 118 Å². The SMILES string of the molecule is C=COCCCNC(=O)Nc1cccc(C(F)(F)F)c1F. The van der Waals surface area contributed by atoms with E-state index in [0.717, 1.165) is 12.1 Å². The lowest BCUT2D eigenvalue weighted by atomic mass is 10.2. The predicted molar refractivity (Wildman–Crippen MR) is 69.2 cm³/mol. The van der Waals surface area contributed by atoms with Gasteiger partial charge < -0.3 is 15.4 Å². The number of carbonyl (C=O) groups is 1. The molecule has 4 nitrogen and oxygen atoms in total. The molecular weight excluding hydrogens is 292 g/mol. The fourth-order valence-electron chi connectivity index (χ4n) is 1.45. The van der Waals surface area contributed by atoms with Gasteiger partial charge in [0.05, 0.1) is 24.1 Å². The van der Waals surface area contributed by atoms with Crippen LogP contribution < -0.4 is 10.6 Å². The summed E-state index contributed by atoms with van der Waals surface area (Å²) in [5.74, 6) is -1.52. The molecule has 0 saturated heterocycles. The van der Waals surface area contributed by atoms with Gasteiger partial charge in [-0.15, -0.1) is 0 Å². The van der Waals surface area contributed by atoms with Gasteiger partial charge in [-0.05, 0) is 18.6 Å². The largest absolute Gasteiger partial charge is 0.502 e. The predicted octanol–water partition coefficient (Wildman–Crippen LogP) is 3.52. The van der Waals surface area contributed by atoms with Crippen LogP contribution in [-0.2, 0) is 10.9 Å². The number of anilines is 1. The summed E-state index contributed by atoms with van der Waals surface area (Å²) in [7, 11) is 0. The normalized spacial score (nSPS) is 10.9. The Bertz CT molecular complexity index is 503. The third-order valence-corrected chi connectivity index (χ3v) is 2.39. The van der Waals surface area contributed by atoms with E-state index in [9.17, 15) is 22.4 Å². The zero-order chi connectivity index (χ0) is 15.9. The van der Waals surface area contributed by atoms with E-state index in [0.29, 0.717) is 19.1 Å². The van der Waals surface area contributed by atoms with E-state index >= 15 is 0 Å². The van der Waals surface area contributed by atoms with Crippen LogP contribution in [0.3, 0.4) is 0 Å². The van der Waals surface area contributed by atoms with E-state index in [1.54, 1.807) is 0 Å². The summed E-state index contributed by atoms with van der Waals surface area (Å²) in [6, 6.07) is 1.86. The molecule has 1 aromatic rings. The van der Waals surface area contributed by atoms with Crippen LogP contribution in [0.15, 0.2) is 31.0 Å². The average Bonchev–Trinajstić information content (AvgIpc) is 2.39. The number of halogens is 4. The molecule has 8 heteroatoms. The highest BCUT2D eigenvalue weighted by molar-refractivity contribution is 5.89. The van der Waals surface area contributed by atoms with Gasteiger partial charge in [0, 0.05) is 6.54 Å². The molecule has 0 fully saturated rings. The van der Waals surface area contributed by atoms with Crippen molar-refractivity contribution in [2.75, 3.05) is 18.5 Å². The van der Waals surface area contributed by atoms with Gasteiger partial charge in [-0.1, -0.05) is 12.6 Å². The number of hydrogen-bond acceptors (Lipinski definition) is 2. The lowest BCUT2D eigenvalue weighted by molar-refractivity contribution is -0.139. The van der Waals surface area contributed by atoms with Crippen molar-refractivity contribution in [1.82, 2.24) is 5.32 Å². The second-order valence-electron chi connectivity index (χ2n) is 3.94. The van der Waals surface area contributed by atoms with Crippen LogP contribution in [0.1, 0.15) is 12.0 Å². The van der Waals surface area contributed by atoms with Crippen molar-refractivity contribution in [1.29, 1.82) is 0 Å². The Morgan fingerprint density at radius 1 is 1.38 bits per heavy atom. The monoisotopic (exact) mass is 306 g/mol. The van der Waals surface area contributed by atoms with Gasteiger partial charge in [0.25, 0.3) is 0 Å². The average molecular weight is 306 g/mol. The van der Waals surface area contributed by atoms with Crippen LogP contribution in [0.2, 0.25) is 0 Å². The van der Waals surface area contributed by atoms with Gasteiger partial charge >= 0.3 is 12.2 Å². The Balaban J connectivity index is 2.59. The molecule has 0 aliphatic heterocycles. The van der Waals surface area contributed by atoms with E-state index < -0.39 is 29.3 Å². The van der Waals surface area contributed by atoms with Crippen molar-refractivity contribution in [2.45, 2.75) is 12.6 Å². The van der Waals surface area contributed by atoms with Gasteiger partial charge in [0.2, 0.25) is 0 Å². The first-order valence-electron chi connectivity index (χ1n) is 5.99. The highest BCUT2D eigenvalue weighted by Gasteiger charge is 2.35. The summed E-state index contributed by atoms with van der Waals surface area (Å²) in [5.41, 5.74) is -1.97. The third-order valence-electron chi connectivity index (χ3n) is 2.39. The smallest absolute Gasteiger partial charge is 0.419 e. The summed E-state index contributed by atoms with van der Waals surface area (Å²) < 4.78 is 55.9. The lowest BCUT2D eigenvalue weighted by Crippen LogP contribution is -2.30. The lowest BCUT2D eigenvalue weighted by Gasteiger charge is -2.12. The number of hydrogen-bond donors (Lipinski definition) is 2. The molecule has 1 rings (SSSR count). The minimum Gasteiger partial charge on any atom is -0.502 e. The second kappa shape index (κ2) is 7.51. The Hall–Kier alpha value is -2.25. The first kappa shape index (κ1) is 16.8. The first-order valence-corrected chi connectivity index (χ1v) is 5.99. The minimum absolute atomic E-state index is 0.222. The van der Waals surface area contributed by atoms with Crippen LogP contribution >= 0.6 is 0 Å². The number of ether oxygens (including phenoxy) is 1. The minimum atomic E-state index is -4.82. The second-order valence-corrected chi connectivity index (χ2v) is 3.94. The van der Waals surface area contributed by atoms with Gasteiger partial charge in [0.15, 0.2) is 5.82 Å². The number of benzene rings is 1. The van der Waals surface area contributed by atoms with Crippen LogP contribution in [0.25, 0.3) is 0 Å². The van der Waals surface area contributed by atoms with Crippen LogP contribution in [0.4, 0.5) is 28.0 Å². The molecule has 2 N–H and O–H groups in total. The van der Waals surface area contributed by atoms with Crippen LogP contribution in [0.5, 0.6) is 0 Å². The molecule has 0 heterocycles. The zero-order valence-corrected chi connectivity index (χ0v) is 11.0. The molecule has 116 valence electrons. The molecule has 0 unspecified atom stereocenters. The molecule has 1 aromatic carbocycles. The van der Waals surface area contributed by atoms with Crippen molar-refractivity contribution in [3.05, 3.63) is 42.4 Å². The van der Waals surface area contributed by atoms with Crippen molar-refractivity contribution in [3.8, 4) is 0 Å². The molecule has 0 spiro atoms. The third kappa shape index (κ3) is 5.33. The molecule has 0 atom stereocenters. The highest BCUT2D eigenvalue weighted by Crippen LogP contribution is 2.33. The van der Waals surface area contributed by atoms with E-state index in [2.05, 4.69) is 11.9 Å². The summed E-state index contributed by atoms with van der Waals surface area (Å²) in [6.45, 7) is 3.89. The fourth-order valence-corrected chi connectivity index (χ4v) is 1.45. The number of urea groups is 1. The Morgan fingerprint density at radius 2 is 2.10 bits per heavy atom. The molecule has 0 saturated carbocycles. The standard InChI is InChI=1S/C13H14F4N2O2/c1-2-21-8-4-7-18-12(20)19-10-6-3-5-9(11(10)14)13(15,16)17/h2-3,5-6H,1,4,7-8H2,(H2,18,19,20). The maximum Gasteiger partial charge on any atom is 0.419 e. The highest BCUT2D eigenvalue weighted by atomic mass is 19.4. The quantitative estimate of drug-likeness (QED) is 0.480. The molecule has 21 heavy (non-hydrogen) atoms. The van der Waals surface area contributed by atoms with E-state index in [1.165, 1.54) is 6.26 Å². The molecule has 0 aliphatic carbocycles. The van der Waals surface area contributed by atoms with E-state index in [4.69, 9.17) is 4.74 Å². The maximum atomic E-state index is 13.6. The molecular formula is C13H14F4N2O2. The maximum absolute atomic E-state index is 13.6. The van der Waals surface area contributed by atoms with Crippen molar-refractivity contribution in [2.24, 2.45) is 0 Å². The van der Waals surface area contributed by atoms with Gasteiger partial charge in [-0.25, -0.2) is 9.18 Å². The summed E-state index contributed by atoms with van der Waals surface area (Å²) in [6.07, 6.45) is -3.09. The first-order chi connectivity index (χ1) is 9.86.